The van der Waals surface area contributed by atoms with Crippen molar-refractivity contribution in [2.45, 2.75) is 32.8 Å². The molecule has 0 atom stereocenters. The summed E-state index contributed by atoms with van der Waals surface area (Å²) in [5.74, 6) is -0.508. The minimum Gasteiger partial charge on any atom is -0.466 e. The molecule has 0 aliphatic carbocycles. The van der Waals surface area contributed by atoms with Crippen molar-refractivity contribution in [1.29, 1.82) is 0 Å². The maximum atomic E-state index is 12.1. The van der Waals surface area contributed by atoms with Gasteiger partial charge in [-0.3, -0.25) is 4.79 Å². The summed E-state index contributed by atoms with van der Waals surface area (Å²) in [4.78, 5) is 11.5. The van der Waals surface area contributed by atoms with E-state index in [4.69, 9.17) is 4.74 Å². The van der Waals surface area contributed by atoms with Gasteiger partial charge in [0.2, 0.25) is 0 Å². The van der Waals surface area contributed by atoms with E-state index < -0.39 is 6.36 Å². The molecule has 140 valence electrons. The summed E-state index contributed by atoms with van der Waals surface area (Å²) < 4.78 is 45.1. The van der Waals surface area contributed by atoms with Gasteiger partial charge in [-0.15, -0.1) is 13.2 Å². The summed E-state index contributed by atoms with van der Waals surface area (Å²) in [5.41, 5.74) is 2.71. The van der Waals surface area contributed by atoms with Crippen LogP contribution in [0.2, 0.25) is 0 Å². The normalized spacial score (nSPS) is 11.2. The molecule has 0 bridgehead atoms. The molecule has 0 aliphatic heterocycles. The molecule has 4 nitrogen and oxygen atoms in total. The Balaban J connectivity index is 1.83. The average molecular weight is 367 g/mol. The van der Waals surface area contributed by atoms with Crippen LogP contribution in [0.5, 0.6) is 5.75 Å². The number of carbonyl (C=O) groups excluding carboxylic acids is 1. The lowest BCUT2D eigenvalue weighted by atomic mass is 10.1. The number of esters is 1. The number of nitrogens with one attached hydrogen (secondary N) is 1. The van der Waals surface area contributed by atoms with Crippen molar-refractivity contribution in [3.8, 4) is 5.75 Å². The molecule has 0 unspecified atom stereocenters. The van der Waals surface area contributed by atoms with Crippen LogP contribution in [0.25, 0.3) is 0 Å². The SMILES string of the molecule is CCOC(=O)Cc1cccc(CNCc2ccc(OC(F)(F)F)cc2)c1. The zero-order valence-corrected chi connectivity index (χ0v) is 14.3. The van der Waals surface area contributed by atoms with Gasteiger partial charge < -0.3 is 14.8 Å². The molecule has 1 N–H and O–H groups in total. The Morgan fingerprint density at radius 2 is 1.65 bits per heavy atom. The number of alkyl halides is 3. The van der Waals surface area contributed by atoms with E-state index in [1.165, 1.54) is 12.1 Å². The molecule has 2 rings (SSSR count). The fraction of sp³-hybridized carbons (Fsp3) is 0.316. The van der Waals surface area contributed by atoms with Gasteiger partial charge in [-0.2, -0.15) is 0 Å². The van der Waals surface area contributed by atoms with Gasteiger partial charge in [0.1, 0.15) is 5.75 Å². The van der Waals surface area contributed by atoms with Crippen molar-refractivity contribution in [2.75, 3.05) is 6.61 Å². The average Bonchev–Trinajstić information content (AvgIpc) is 2.56. The van der Waals surface area contributed by atoms with Gasteiger partial charge in [-0.25, -0.2) is 0 Å². The van der Waals surface area contributed by atoms with Crippen LogP contribution in [0.4, 0.5) is 13.2 Å². The highest BCUT2D eigenvalue weighted by Gasteiger charge is 2.30. The Labute approximate surface area is 149 Å². The van der Waals surface area contributed by atoms with Gasteiger partial charge in [-0.1, -0.05) is 36.4 Å². The Bertz CT molecular complexity index is 715. The number of hydrogen-bond donors (Lipinski definition) is 1. The third-order valence-electron chi connectivity index (χ3n) is 3.46. The smallest absolute Gasteiger partial charge is 0.466 e. The molecule has 0 radical (unpaired) electrons. The van der Waals surface area contributed by atoms with Crippen molar-refractivity contribution in [2.24, 2.45) is 0 Å². The summed E-state index contributed by atoms with van der Waals surface area (Å²) >= 11 is 0. The van der Waals surface area contributed by atoms with Crippen LogP contribution in [0.3, 0.4) is 0 Å². The third-order valence-corrected chi connectivity index (χ3v) is 3.46. The number of hydrogen-bond acceptors (Lipinski definition) is 4. The van der Waals surface area contributed by atoms with E-state index in [2.05, 4.69) is 10.1 Å². The predicted octanol–water partition coefficient (Wildman–Crippen LogP) is 3.98. The zero-order chi connectivity index (χ0) is 19.0. The molecular weight excluding hydrogens is 347 g/mol. The first-order valence-electron chi connectivity index (χ1n) is 8.14. The van der Waals surface area contributed by atoms with Gasteiger partial charge in [0.15, 0.2) is 0 Å². The third kappa shape index (κ3) is 7.14. The molecule has 2 aromatic rings. The van der Waals surface area contributed by atoms with E-state index in [1.54, 1.807) is 19.1 Å². The lowest BCUT2D eigenvalue weighted by Crippen LogP contribution is -2.17. The largest absolute Gasteiger partial charge is 0.573 e. The molecule has 0 saturated carbocycles. The summed E-state index contributed by atoms with van der Waals surface area (Å²) in [7, 11) is 0. The van der Waals surface area contributed by atoms with Crippen LogP contribution in [0, 0.1) is 0 Å². The van der Waals surface area contributed by atoms with Crippen molar-refractivity contribution in [1.82, 2.24) is 5.32 Å². The van der Waals surface area contributed by atoms with Crippen molar-refractivity contribution in [3.05, 3.63) is 65.2 Å². The van der Waals surface area contributed by atoms with Gasteiger partial charge >= 0.3 is 12.3 Å². The van der Waals surface area contributed by atoms with Crippen LogP contribution >= 0.6 is 0 Å². The van der Waals surface area contributed by atoms with Gasteiger partial charge in [0, 0.05) is 13.1 Å². The summed E-state index contributed by atoms with van der Waals surface area (Å²) in [6.45, 7) is 3.18. The monoisotopic (exact) mass is 367 g/mol. The lowest BCUT2D eigenvalue weighted by molar-refractivity contribution is -0.274. The molecule has 0 aliphatic rings. The summed E-state index contributed by atoms with van der Waals surface area (Å²) in [5, 5.41) is 3.21. The first-order valence-corrected chi connectivity index (χ1v) is 8.14. The fourth-order valence-electron chi connectivity index (χ4n) is 2.39. The van der Waals surface area contributed by atoms with E-state index in [1.807, 2.05) is 24.3 Å². The van der Waals surface area contributed by atoms with Crippen molar-refractivity contribution < 1.29 is 27.4 Å². The first kappa shape index (κ1) is 19.8. The highest BCUT2D eigenvalue weighted by molar-refractivity contribution is 5.72. The summed E-state index contributed by atoms with van der Waals surface area (Å²) in [6, 6.07) is 13.3. The van der Waals surface area contributed by atoms with Crippen LogP contribution in [0.1, 0.15) is 23.6 Å². The molecule has 26 heavy (non-hydrogen) atoms. The van der Waals surface area contributed by atoms with Crippen LogP contribution in [0.15, 0.2) is 48.5 Å². The van der Waals surface area contributed by atoms with Gasteiger partial charge in [0.05, 0.1) is 13.0 Å². The van der Waals surface area contributed by atoms with Gasteiger partial charge in [0.25, 0.3) is 0 Å². The molecule has 7 heteroatoms. The standard InChI is InChI=1S/C19H20F3NO3/c1-2-25-18(24)11-15-4-3-5-16(10-15)13-23-12-14-6-8-17(9-7-14)26-19(20,21)22/h3-10,23H,2,11-13H2,1H3. The van der Waals surface area contributed by atoms with Crippen LogP contribution in [-0.2, 0) is 29.0 Å². The molecule has 0 spiro atoms. The van der Waals surface area contributed by atoms with E-state index in [0.29, 0.717) is 19.7 Å². The Hall–Kier alpha value is -2.54. The zero-order valence-electron chi connectivity index (χ0n) is 14.3. The maximum absolute atomic E-state index is 12.1. The fourth-order valence-corrected chi connectivity index (χ4v) is 2.39. The molecule has 0 aromatic heterocycles. The van der Waals surface area contributed by atoms with Crippen LogP contribution in [-0.4, -0.2) is 18.9 Å². The molecule has 0 heterocycles. The highest BCUT2D eigenvalue weighted by Crippen LogP contribution is 2.22. The first-order chi connectivity index (χ1) is 12.4. The lowest BCUT2D eigenvalue weighted by Gasteiger charge is -2.10. The molecule has 0 amide bonds. The van der Waals surface area contributed by atoms with E-state index in [9.17, 15) is 18.0 Å². The predicted molar refractivity (Wildman–Crippen MR) is 90.4 cm³/mol. The second-order valence-corrected chi connectivity index (χ2v) is 5.60. The van der Waals surface area contributed by atoms with Crippen molar-refractivity contribution >= 4 is 5.97 Å². The number of carbonyl (C=O) groups is 1. The minimum absolute atomic E-state index is 0.225. The van der Waals surface area contributed by atoms with E-state index >= 15 is 0 Å². The van der Waals surface area contributed by atoms with E-state index in [0.717, 1.165) is 16.7 Å². The number of ether oxygens (including phenoxy) is 2. The number of rotatable bonds is 8. The number of benzene rings is 2. The van der Waals surface area contributed by atoms with Gasteiger partial charge in [-0.05, 0) is 35.7 Å². The minimum atomic E-state index is -4.69. The molecule has 0 fully saturated rings. The topological polar surface area (TPSA) is 47.6 Å². The maximum Gasteiger partial charge on any atom is 0.573 e. The second kappa shape index (κ2) is 9.24. The van der Waals surface area contributed by atoms with E-state index in [-0.39, 0.29) is 18.1 Å². The highest BCUT2D eigenvalue weighted by atomic mass is 19.4. The quantitative estimate of drug-likeness (QED) is 0.717. The van der Waals surface area contributed by atoms with Crippen LogP contribution < -0.4 is 10.1 Å². The molecule has 2 aromatic carbocycles. The summed E-state index contributed by atoms with van der Waals surface area (Å²) in [6.07, 6.45) is -4.46. The Morgan fingerprint density at radius 1 is 1.00 bits per heavy atom. The number of halogens is 3. The molecular formula is C19H20F3NO3. The van der Waals surface area contributed by atoms with Crippen molar-refractivity contribution in [3.63, 3.8) is 0 Å². The molecule has 0 saturated heterocycles. The Kier molecular flexibility index (Phi) is 7.03. The second-order valence-electron chi connectivity index (χ2n) is 5.60. The Morgan fingerprint density at radius 3 is 2.31 bits per heavy atom.